The average molecular weight is 390 g/mol. The number of piperazine rings is 1. The molecule has 0 atom stereocenters. The predicted molar refractivity (Wildman–Crippen MR) is 109 cm³/mol. The second kappa shape index (κ2) is 8.42. The number of hydrogen-bond acceptors (Lipinski definition) is 4. The van der Waals surface area contributed by atoms with Crippen molar-refractivity contribution in [3.8, 4) is 0 Å². The molecule has 1 amide bonds. The van der Waals surface area contributed by atoms with Crippen LogP contribution >= 0.6 is 11.6 Å². The Kier molecular flexibility index (Phi) is 6.19. The summed E-state index contributed by atoms with van der Waals surface area (Å²) in [6.45, 7) is 11.5. The molecular weight excluding hydrogens is 362 g/mol. The van der Waals surface area contributed by atoms with Gasteiger partial charge in [-0.15, -0.1) is 0 Å². The first-order chi connectivity index (χ1) is 12.8. The van der Waals surface area contributed by atoms with Crippen LogP contribution in [0.15, 0.2) is 36.7 Å². The van der Waals surface area contributed by atoms with Crippen LogP contribution in [0.1, 0.15) is 26.3 Å². The largest absolute Gasteiger partial charge is 0.325 e. The number of amides is 1. The summed E-state index contributed by atoms with van der Waals surface area (Å²) in [6.07, 6.45) is 4.09. The lowest BCUT2D eigenvalue weighted by Gasteiger charge is -2.34. The van der Waals surface area contributed by atoms with Gasteiger partial charge in [-0.3, -0.25) is 19.3 Å². The summed E-state index contributed by atoms with van der Waals surface area (Å²) in [4.78, 5) is 16.8. The molecule has 1 N–H and O–H groups in total. The van der Waals surface area contributed by atoms with Crippen LogP contribution in [0, 0.1) is 0 Å². The van der Waals surface area contributed by atoms with E-state index >= 15 is 0 Å². The van der Waals surface area contributed by atoms with Crippen LogP contribution in [-0.2, 0) is 16.9 Å². The Balaban J connectivity index is 1.42. The lowest BCUT2D eigenvalue weighted by Crippen LogP contribution is -2.48. The smallest absolute Gasteiger partial charge is 0.238 e. The van der Waals surface area contributed by atoms with Gasteiger partial charge in [0.25, 0.3) is 0 Å². The first-order valence-electron chi connectivity index (χ1n) is 9.34. The van der Waals surface area contributed by atoms with E-state index in [0.717, 1.165) is 38.4 Å². The van der Waals surface area contributed by atoms with Gasteiger partial charge in [0.15, 0.2) is 0 Å². The van der Waals surface area contributed by atoms with Gasteiger partial charge < -0.3 is 5.32 Å². The van der Waals surface area contributed by atoms with E-state index in [0.29, 0.717) is 11.6 Å². The van der Waals surface area contributed by atoms with Crippen LogP contribution in [0.3, 0.4) is 0 Å². The van der Waals surface area contributed by atoms with Gasteiger partial charge in [0, 0.05) is 55.2 Å². The van der Waals surface area contributed by atoms with E-state index in [1.54, 1.807) is 12.1 Å². The third kappa shape index (κ3) is 5.79. The zero-order chi connectivity index (χ0) is 19.4. The van der Waals surface area contributed by atoms with Crippen LogP contribution in [0.5, 0.6) is 0 Å². The van der Waals surface area contributed by atoms with E-state index in [-0.39, 0.29) is 11.4 Å². The van der Waals surface area contributed by atoms with E-state index in [2.05, 4.69) is 47.2 Å². The third-order valence-electron chi connectivity index (χ3n) is 4.69. The maximum atomic E-state index is 12.2. The number of rotatable bonds is 5. The van der Waals surface area contributed by atoms with Gasteiger partial charge in [0.1, 0.15) is 0 Å². The molecule has 0 saturated carbocycles. The Morgan fingerprint density at radius 2 is 1.74 bits per heavy atom. The Labute approximate surface area is 166 Å². The number of hydrogen-bond donors (Lipinski definition) is 1. The number of nitrogens with one attached hydrogen (secondary N) is 1. The van der Waals surface area contributed by atoms with E-state index in [4.69, 9.17) is 11.6 Å². The van der Waals surface area contributed by atoms with Crippen LogP contribution in [0.4, 0.5) is 5.69 Å². The number of nitrogens with zero attached hydrogens (tertiary/aromatic N) is 4. The van der Waals surface area contributed by atoms with Gasteiger partial charge >= 0.3 is 0 Å². The summed E-state index contributed by atoms with van der Waals surface area (Å²) in [6, 6.07) is 7.18. The highest BCUT2D eigenvalue weighted by molar-refractivity contribution is 6.30. The minimum atomic E-state index is 0.00833. The highest BCUT2D eigenvalue weighted by atomic mass is 35.5. The summed E-state index contributed by atoms with van der Waals surface area (Å²) in [5.41, 5.74) is 2.02. The van der Waals surface area contributed by atoms with Gasteiger partial charge in [-0.25, -0.2) is 0 Å². The standard InChI is InChI=1S/C20H28ClN5O/c1-20(2,3)26-14-16(12-22-26)13-24-8-10-25(11-9-24)15-19(27)23-18-6-4-17(21)5-7-18/h4-7,12,14H,8-11,13,15H2,1-3H3,(H,23,27). The van der Waals surface area contributed by atoms with Gasteiger partial charge in [0.05, 0.1) is 18.3 Å². The molecule has 0 unspecified atom stereocenters. The molecule has 0 aliphatic carbocycles. The summed E-state index contributed by atoms with van der Waals surface area (Å²) >= 11 is 5.87. The Hall–Kier alpha value is -1.89. The van der Waals surface area contributed by atoms with Crippen molar-refractivity contribution in [2.24, 2.45) is 0 Å². The van der Waals surface area contributed by atoms with E-state index in [1.807, 2.05) is 23.0 Å². The summed E-state index contributed by atoms with van der Waals surface area (Å²) < 4.78 is 2.01. The van der Waals surface area contributed by atoms with Gasteiger partial charge in [-0.05, 0) is 45.0 Å². The van der Waals surface area contributed by atoms with Crippen LogP contribution in [0.25, 0.3) is 0 Å². The lowest BCUT2D eigenvalue weighted by atomic mass is 10.1. The highest BCUT2D eigenvalue weighted by Gasteiger charge is 2.20. The lowest BCUT2D eigenvalue weighted by molar-refractivity contribution is -0.117. The molecule has 27 heavy (non-hydrogen) atoms. The number of benzene rings is 1. The van der Waals surface area contributed by atoms with Crippen molar-refractivity contribution in [2.45, 2.75) is 32.9 Å². The molecule has 3 rings (SSSR count). The summed E-state index contributed by atoms with van der Waals surface area (Å²) in [5.74, 6) is 0.0113. The predicted octanol–water partition coefficient (Wildman–Crippen LogP) is 3.05. The number of carbonyl (C=O) groups excluding carboxylic acids is 1. The molecule has 0 spiro atoms. The molecule has 1 aromatic carbocycles. The van der Waals surface area contributed by atoms with E-state index in [1.165, 1.54) is 5.56 Å². The minimum absolute atomic E-state index is 0.00833. The summed E-state index contributed by atoms with van der Waals surface area (Å²) in [7, 11) is 0. The molecule has 1 aromatic heterocycles. The molecule has 1 saturated heterocycles. The monoisotopic (exact) mass is 389 g/mol. The Morgan fingerprint density at radius 3 is 2.33 bits per heavy atom. The normalized spacial score (nSPS) is 16.4. The van der Waals surface area contributed by atoms with Crippen LogP contribution in [-0.4, -0.2) is 58.2 Å². The van der Waals surface area contributed by atoms with Crippen LogP contribution in [0.2, 0.25) is 5.02 Å². The van der Waals surface area contributed by atoms with Gasteiger partial charge in [0.2, 0.25) is 5.91 Å². The molecule has 2 heterocycles. The second-order valence-electron chi connectivity index (χ2n) is 8.07. The Morgan fingerprint density at radius 1 is 1.11 bits per heavy atom. The second-order valence-corrected chi connectivity index (χ2v) is 8.51. The van der Waals surface area contributed by atoms with Crippen molar-refractivity contribution in [3.05, 3.63) is 47.2 Å². The molecule has 1 aliphatic rings. The zero-order valence-corrected chi connectivity index (χ0v) is 17.0. The molecule has 0 bridgehead atoms. The highest BCUT2D eigenvalue weighted by Crippen LogP contribution is 2.16. The van der Waals surface area contributed by atoms with E-state index < -0.39 is 0 Å². The van der Waals surface area contributed by atoms with Gasteiger partial charge in [-0.2, -0.15) is 5.10 Å². The van der Waals surface area contributed by atoms with Gasteiger partial charge in [-0.1, -0.05) is 11.6 Å². The zero-order valence-electron chi connectivity index (χ0n) is 16.3. The fourth-order valence-electron chi connectivity index (χ4n) is 3.11. The first-order valence-corrected chi connectivity index (χ1v) is 9.71. The SMILES string of the molecule is CC(C)(C)n1cc(CN2CCN(CC(=O)Nc3ccc(Cl)cc3)CC2)cn1. The van der Waals surface area contributed by atoms with Crippen molar-refractivity contribution < 1.29 is 4.79 Å². The van der Waals surface area contributed by atoms with Crippen molar-refractivity contribution in [2.75, 3.05) is 38.0 Å². The molecular formula is C20H28ClN5O. The van der Waals surface area contributed by atoms with Crippen molar-refractivity contribution in [1.29, 1.82) is 0 Å². The maximum absolute atomic E-state index is 12.2. The molecule has 6 nitrogen and oxygen atoms in total. The molecule has 2 aromatic rings. The topological polar surface area (TPSA) is 53.4 Å². The number of aromatic nitrogens is 2. The molecule has 7 heteroatoms. The number of anilines is 1. The van der Waals surface area contributed by atoms with Crippen molar-refractivity contribution in [1.82, 2.24) is 19.6 Å². The quantitative estimate of drug-likeness (QED) is 0.853. The maximum Gasteiger partial charge on any atom is 0.238 e. The minimum Gasteiger partial charge on any atom is -0.325 e. The average Bonchev–Trinajstić information content (AvgIpc) is 3.08. The first kappa shape index (κ1) is 19.9. The number of carbonyl (C=O) groups is 1. The fraction of sp³-hybridized carbons (Fsp3) is 0.500. The van der Waals surface area contributed by atoms with Crippen molar-refractivity contribution in [3.63, 3.8) is 0 Å². The van der Waals surface area contributed by atoms with E-state index in [9.17, 15) is 4.79 Å². The van der Waals surface area contributed by atoms with Crippen LogP contribution < -0.4 is 5.32 Å². The summed E-state index contributed by atoms with van der Waals surface area (Å²) in [5, 5.41) is 8.06. The van der Waals surface area contributed by atoms with Crippen molar-refractivity contribution >= 4 is 23.2 Å². The molecule has 146 valence electrons. The molecule has 1 aliphatic heterocycles. The molecule has 1 fully saturated rings. The number of halogens is 1. The third-order valence-corrected chi connectivity index (χ3v) is 4.94. The fourth-order valence-corrected chi connectivity index (χ4v) is 3.24. The molecule has 0 radical (unpaired) electrons. The Bertz CT molecular complexity index is 757.